The zero-order chi connectivity index (χ0) is 21.0. The second-order valence-electron chi connectivity index (χ2n) is 6.03. The molecule has 0 heterocycles. The number of alkyl halides is 3. The fourth-order valence-electron chi connectivity index (χ4n) is 2.56. The lowest BCUT2D eigenvalue weighted by Gasteiger charge is -2.31. The first-order chi connectivity index (χ1) is 12.4. The Morgan fingerprint density at radius 3 is 2.15 bits per heavy atom. The number of aliphatic carboxylic acids is 1. The van der Waals surface area contributed by atoms with Crippen molar-refractivity contribution >= 4 is 16.0 Å². The van der Waals surface area contributed by atoms with Crippen LogP contribution in [-0.2, 0) is 21.2 Å². The summed E-state index contributed by atoms with van der Waals surface area (Å²) in [6.07, 6.45) is -0.147. The van der Waals surface area contributed by atoms with Gasteiger partial charge in [-0.15, -0.1) is 0 Å². The molecular formula is C16H22F3NO6S. The molecule has 154 valence electrons. The van der Waals surface area contributed by atoms with Crippen molar-refractivity contribution in [1.29, 1.82) is 0 Å². The highest BCUT2D eigenvalue weighted by molar-refractivity contribution is 7.90. The van der Waals surface area contributed by atoms with Gasteiger partial charge in [0.2, 0.25) is 0 Å². The number of ether oxygens (including phenoxy) is 2. The van der Waals surface area contributed by atoms with Crippen LogP contribution in [0.5, 0.6) is 11.5 Å². The molecule has 0 aromatic heterocycles. The number of hydrogen-bond acceptors (Lipinski definition) is 5. The van der Waals surface area contributed by atoms with Crippen molar-refractivity contribution in [3.05, 3.63) is 23.8 Å². The van der Waals surface area contributed by atoms with Crippen LogP contribution >= 0.6 is 0 Å². The van der Waals surface area contributed by atoms with Crippen molar-refractivity contribution in [2.45, 2.75) is 31.8 Å². The van der Waals surface area contributed by atoms with E-state index < -0.39 is 40.0 Å². The van der Waals surface area contributed by atoms with E-state index >= 15 is 0 Å². The third-order valence-corrected chi connectivity index (χ3v) is 5.48. The summed E-state index contributed by atoms with van der Waals surface area (Å²) in [5.41, 5.74) is -5.14. The number of benzene rings is 1. The Bertz CT molecular complexity index is 764. The van der Waals surface area contributed by atoms with Gasteiger partial charge in [-0.3, -0.25) is 4.79 Å². The minimum absolute atomic E-state index is 0.00327. The largest absolute Gasteiger partial charge is 0.511 e. The summed E-state index contributed by atoms with van der Waals surface area (Å²) in [6, 6.07) is 2.69. The Morgan fingerprint density at radius 1 is 1.19 bits per heavy atom. The standard InChI is InChI=1S/C16H22F3NO6S/c1-10(2)14(15(21)22)20(27(23,24)16(17,18)19)8-7-11-5-6-12(25-3)13(9-11)26-4/h5-6,9-10,14H,7-8H2,1-4H3,(H,21,22). The molecular weight excluding hydrogens is 391 g/mol. The van der Waals surface area contributed by atoms with Crippen LogP contribution in [0, 0.1) is 5.92 Å². The number of carbonyl (C=O) groups is 1. The molecule has 1 aromatic carbocycles. The van der Waals surface area contributed by atoms with Crippen LogP contribution in [-0.4, -0.2) is 56.1 Å². The molecule has 1 atom stereocenters. The molecule has 1 unspecified atom stereocenters. The highest BCUT2D eigenvalue weighted by atomic mass is 32.2. The van der Waals surface area contributed by atoms with Crippen molar-refractivity contribution in [2.24, 2.45) is 5.92 Å². The van der Waals surface area contributed by atoms with Crippen molar-refractivity contribution < 1.29 is 41.0 Å². The first-order valence-corrected chi connectivity index (χ1v) is 9.32. The summed E-state index contributed by atoms with van der Waals surface area (Å²) < 4.78 is 73.2. The SMILES string of the molecule is COc1ccc(CCN(C(C(=O)O)C(C)C)S(=O)(=O)C(F)(F)F)cc1OC. The van der Waals surface area contributed by atoms with Crippen LogP contribution < -0.4 is 9.47 Å². The predicted octanol–water partition coefficient (Wildman–Crippen LogP) is 2.51. The van der Waals surface area contributed by atoms with E-state index in [0.717, 1.165) is 0 Å². The zero-order valence-electron chi connectivity index (χ0n) is 15.3. The minimum atomic E-state index is -5.83. The zero-order valence-corrected chi connectivity index (χ0v) is 16.1. The van der Waals surface area contributed by atoms with Gasteiger partial charge in [-0.1, -0.05) is 19.9 Å². The Kier molecular flexibility index (Phi) is 7.49. The van der Waals surface area contributed by atoms with Gasteiger partial charge in [0.1, 0.15) is 6.04 Å². The third-order valence-electron chi connectivity index (χ3n) is 3.86. The maximum absolute atomic E-state index is 13.1. The van der Waals surface area contributed by atoms with E-state index in [4.69, 9.17) is 9.47 Å². The topological polar surface area (TPSA) is 93.1 Å². The van der Waals surface area contributed by atoms with Gasteiger partial charge in [0.05, 0.1) is 14.2 Å². The number of halogens is 3. The monoisotopic (exact) mass is 413 g/mol. The number of rotatable bonds is 9. The Balaban J connectivity index is 3.25. The molecule has 0 aliphatic heterocycles. The lowest BCUT2D eigenvalue weighted by atomic mass is 10.0. The third kappa shape index (κ3) is 5.25. The van der Waals surface area contributed by atoms with Gasteiger partial charge in [-0.25, -0.2) is 8.42 Å². The smallest absolute Gasteiger partial charge is 0.493 e. The molecule has 0 spiro atoms. The minimum Gasteiger partial charge on any atom is -0.493 e. The molecule has 7 nitrogen and oxygen atoms in total. The highest BCUT2D eigenvalue weighted by Crippen LogP contribution is 2.31. The van der Waals surface area contributed by atoms with Gasteiger partial charge in [0.25, 0.3) is 0 Å². The fraction of sp³-hybridized carbons (Fsp3) is 0.562. The lowest BCUT2D eigenvalue weighted by Crippen LogP contribution is -2.52. The Labute approximate surface area is 155 Å². The van der Waals surface area contributed by atoms with Gasteiger partial charge >= 0.3 is 21.5 Å². The number of carboxylic acid groups (broad SMARTS) is 1. The molecule has 0 aliphatic rings. The maximum Gasteiger partial charge on any atom is 0.511 e. The summed E-state index contributed by atoms with van der Waals surface area (Å²) >= 11 is 0. The molecule has 0 radical (unpaired) electrons. The molecule has 0 saturated carbocycles. The average Bonchev–Trinajstić information content (AvgIpc) is 2.56. The number of carboxylic acids is 1. The lowest BCUT2D eigenvalue weighted by molar-refractivity contribution is -0.143. The van der Waals surface area contributed by atoms with Crippen LogP contribution in [0.15, 0.2) is 18.2 Å². The van der Waals surface area contributed by atoms with Crippen molar-refractivity contribution in [3.63, 3.8) is 0 Å². The van der Waals surface area contributed by atoms with E-state index in [1.807, 2.05) is 0 Å². The predicted molar refractivity (Wildman–Crippen MR) is 91.2 cm³/mol. The van der Waals surface area contributed by atoms with Crippen LogP contribution in [0.1, 0.15) is 19.4 Å². The summed E-state index contributed by atoms with van der Waals surface area (Å²) in [5.74, 6) is -1.80. The van der Waals surface area contributed by atoms with E-state index in [-0.39, 0.29) is 10.7 Å². The fourth-order valence-corrected chi connectivity index (χ4v) is 3.79. The van der Waals surface area contributed by atoms with Crippen LogP contribution in [0.3, 0.4) is 0 Å². The quantitative estimate of drug-likeness (QED) is 0.669. The summed E-state index contributed by atoms with van der Waals surface area (Å²) in [5, 5.41) is 9.28. The molecule has 1 rings (SSSR count). The maximum atomic E-state index is 13.1. The van der Waals surface area contributed by atoms with Crippen molar-refractivity contribution in [2.75, 3.05) is 20.8 Å². The molecule has 0 fully saturated rings. The normalized spacial score (nSPS) is 13.7. The van der Waals surface area contributed by atoms with Crippen LogP contribution in [0.25, 0.3) is 0 Å². The second kappa shape index (κ2) is 8.79. The Hall–Kier alpha value is -2.01. The highest BCUT2D eigenvalue weighted by Gasteiger charge is 2.53. The molecule has 1 aromatic rings. The summed E-state index contributed by atoms with van der Waals surface area (Å²) in [6.45, 7) is 2.02. The molecule has 11 heteroatoms. The number of hydrogen-bond donors (Lipinski definition) is 1. The van der Waals surface area contributed by atoms with E-state index in [9.17, 15) is 31.5 Å². The van der Waals surface area contributed by atoms with Gasteiger partial charge in [-0.05, 0) is 30.0 Å². The number of methoxy groups -OCH3 is 2. The van der Waals surface area contributed by atoms with E-state index in [1.165, 1.54) is 46.3 Å². The van der Waals surface area contributed by atoms with E-state index in [2.05, 4.69) is 0 Å². The van der Waals surface area contributed by atoms with Gasteiger partial charge in [-0.2, -0.15) is 17.5 Å². The Morgan fingerprint density at radius 2 is 1.74 bits per heavy atom. The molecule has 0 saturated heterocycles. The summed E-state index contributed by atoms with van der Waals surface area (Å²) in [7, 11) is -3.04. The molecule has 0 bridgehead atoms. The second-order valence-corrected chi connectivity index (χ2v) is 7.91. The molecule has 0 aliphatic carbocycles. The number of nitrogens with zero attached hydrogens (tertiary/aromatic N) is 1. The van der Waals surface area contributed by atoms with Gasteiger partial charge < -0.3 is 14.6 Å². The summed E-state index contributed by atoms with van der Waals surface area (Å²) in [4.78, 5) is 11.4. The number of sulfonamides is 1. The first kappa shape index (κ1) is 23.0. The van der Waals surface area contributed by atoms with Gasteiger partial charge in [0, 0.05) is 6.54 Å². The van der Waals surface area contributed by atoms with Gasteiger partial charge in [0.15, 0.2) is 11.5 Å². The molecule has 1 N–H and O–H groups in total. The molecule has 27 heavy (non-hydrogen) atoms. The van der Waals surface area contributed by atoms with E-state index in [0.29, 0.717) is 17.1 Å². The van der Waals surface area contributed by atoms with Crippen molar-refractivity contribution in [3.8, 4) is 11.5 Å². The average molecular weight is 413 g/mol. The van der Waals surface area contributed by atoms with Crippen molar-refractivity contribution in [1.82, 2.24) is 4.31 Å². The first-order valence-electron chi connectivity index (χ1n) is 7.88. The van der Waals surface area contributed by atoms with Crippen LogP contribution in [0.4, 0.5) is 13.2 Å². The van der Waals surface area contributed by atoms with E-state index in [1.54, 1.807) is 0 Å². The van der Waals surface area contributed by atoms with Crippen LogP contribution in [0.2, 0.25) is 0 Å². The molecule has 0 amide bonds.